The lowest BCUT2D eigenvalue weighted by molar-refractivity contribution is -0.143. The van der Waals surface area contributed by atoms with Gasteiger partial charge in [-0.2, -0.15) is 0 Å². The fraction of sp³-hybridized carbons (Fsp3) is 0.286. The predicted octanol–water partition coefficient (Wildman–Crippen LogP) is 3.58. The van der Waals surface area contributed by atoms with Crippen LogP contribution < -0.4 is 0 Å². The highest BCUT2D eigenvalue weighted by atomic mass is 32.1. The lowest BCUT2D eigenvalue weighted by Crippen LogP contribution is -2.05. The van der Waals surface area contributed by atoms with E-state index in [0.29, 0.717) is 18.7 Å². The predicted molar refractivity (Wildman–Crippen MR) is 72.4 cm³/mol. The van der Waals surface area contributed by atoms with Crippen molar-refractivity contribution in [3.63, 3.8) is 0 Å². The molecule has 0 spiro atoms. The van der Waals surface area contributed by atoms with Crippen molar-refractivity contribution in [2.45, 2.75) is 19.8 Å². The van der Waals surface area contributed by atoms with E-state index in [4.69, 9.17) is 4.74 Å². The lowest BCUT2D eigenvalue weighted by atomic mass is 10.2. The van der Waals surface area contributed by atoms with Crippen LogP contribution in [0.1, 0.15) is 19.0 Å². The number of ether oxygens (including phenoxy) is 1. The summed E-state index contributed by atoms with van der Waals surface area (Å²) < 4.78 is 32.0. The Morgan fingerprint density at radius 2 is 2.05 bits per heavy atom. The van der Waals surface area contributed by atoms with Gasteiger partial charge in [-0.05, 0) is 19.1 Å². The van der Waals surface area contributed by atoms with Crippen LogP contribution in [0.15, 0.2) is 23.6 Å². The Morgan fingerprint density at radius 3 is 2.70 bits per heavy atom. The molecule has 0 aliphatic carbocycles. The highest BCUT2D eigenvalue weighted by Crippen LogP contribution is 2.29. The summed E-state index contributed by atoms with van der Waals surface area (Å²) >= 11 is 1.15. The Labute approximate surface area is 119 Å². The molecule has 1 aromatic heterocycles. The van der Waals surface area contributed by atoms with E-state index in [2.05, 4.69) is 4.98 Å². The first-order valence-electron chi connectivity index (χ1n) is 6.16. The third-order valence-corrected chi connectivity index (χ3v) is 3.53. The van der Waals surface area contributed by atoms with Crippen molar-refractivity contribution in [2.24, 2.45) is 0 Å². The Kier molecular flexibility index (Phi) is 4.79. The maximum Gasteiger partial charge on any atom is 0.306 e. The first-order valence-corrected chi connectivity index (χ1v) is 7.04. The number of benzene rings is 1. The minimum absolute atomic E-state index is 0.125. The molecule has 0 aliphatic heterocycles. The number of esters is 1. The zero-order valence-electron chi connectivity index (χ0n) is 10.9. The minimum Gasteiger partial charge on any atom is -0.466 e. The zero-order valence-corrected chi connectivity index (χ0v) is 11.7. The van der Waals surface area contributed by atoms with Gasteiger partial charge in [-0.3, -0.25) is 4.79 Å². The maximum absolute atomic E-state index is 13.6. The average molecular weight is 297 g/mol. The molecule has 0 saturated carbocycles. The van der Waals surface area contributed by atoms with Crippen LogP contribution >= 0.6 is 11.3 Å². The molecule has 0 radical (unpaired) electrons. The molecule has 1 heterocycles. The van der Waals surface area contributed by atoms with Crippen molar-refractivity contribution in [1.29, 1.82) is 0 Å². The summed E-state index contributed by atoms with van der Waals surface area (Å²) in [6, 6.07) is 3.69. The summed E-state index contributed by atoms with van der Waals surface area (Å²) in [5, 5.41) is 1.97. The molecule has 0 saturated heterocycles. The third-order valence-electron chi connectivity index (χ3n) is 2.62. The van der Waals surface area contributed by atoms with Crippen LogP contribution in [0.2, 0.25) is 0 Å². The molecule has 0 unspecified atom stereocenters. The van der Waals surface area contributed by atoms with E-state index >= 15 is 0 Å². The van der Waals surface area contributed by atoms with E-state index in [9.17, 15) is 13.6 Å². The van der Waals surface area contributed by atoms with Gasteiger partial charge in [-0.15, -0.1) is 11.3 Å². The van der Waals surface area contributed by atoms with E-state index in [1.54, 1.807) is 12.3 Å². The molecule has 0 bridgehead atoms. The Balaban J connectivity index is 2.11. The number of rotatable bonds is 5. The van der Waals surface area contributed by atoms with Gasteiger partial charge in [-0.25, -0.2) is 13.8 Å². The molecule has 0 atom stereocenters. The second-order valence-electron chi connectivity index (χ2n) is 4.05. The number of halogens is 2. The summed E-state index contributed by atoms with van der Waals surface area (Å²) in [5.74, 6) is -1.59. The van der Waals surface area contributed by atoms with Crippen molar-refractivity contribution < 1.29 is 18.3 Å². The first kappa shape index (κ1) is 14.6. The summed E-state index contributed by atoms with van der Waals surface area (Å²) in [6.45, 7) is 2.07. The first-order chi connectivity index (χ1) is 9.61. The van der Waals surface area contributed by atoms with Gasteiger partial charge in [0.1, 0.15) is 16.6 Å². The van der Waals surface area contributed by atoms with E-state index in [0.717, 1.165) is 11.3 Å². The second kappa shape index (κ2) is 6.56. The molecular weight excluding hydrogens is 284 g/mol. The number of hydrogen-bond donors (Lipinski definition) is 0. The van der Waals surface area contributed by atoms with Crippen molar-refractivity contribution >= 4 is 17.3 Å². The number of hydrogen-bond acceptors (Lipinski definition) is 4. The van der Waals surface area contributed by atoms with Crippen LogP contribution in [0.25, 0.3) is 10.6 Å². The summed E-state index contributed by atoms with van der Waals surface area (Å²) in [6.07, 6.45) is 0.599. The van der Waals surface area contributed by atoms with Crippen LogP contribution in [0.4, 0.5) is 8.78 Å². The lowest BCUT2D eigenvalue weighted by Gasteiger charge is -2.01. The molecule has 2 rings (SSSR count). The largest absolute Gasteiger partial charge is 0.466 e. The second-order valence-corrected chi connectivity index (χ2v) is 4.90. The topological polar surface area (TPSA) is 39.2 Å². The molecular formula is C14H13F2NO2S. The highest BCUT2D eigenvalue weighted by Gasteiger charge is 2.15. The molecule has 106 valence electrons. The van der Waals surface area contributed by atoms with Crippen molar-refractivity contribution in [1.82, 2.24) is 4.98 Å². The Hall–Kier alpha value is -1.82. The van der Waals surface area contributed by atoms with Gasteiger partial charge >= 0.3 is 5.97 Å². The molecule has 0 N–H and O–H groups in total. The summed E-state index contributed by atoms with van der Waals surface area (Å²) in [5.41, 5.74) is 0.501. The van der Waals surface area contributed by atoms with Gasteiger partial charge in [-0.1, -0.05) is 6.07 Å². The maximum atomic E-state index is 13.6. The normalized spacial score (nSPS) is 10.6. The third kappa shape index (κ3) is 3.39. The average Bonchev–Trinajstić information content (AvgIpc) is 2.85. The zero-order chi connectivity index (χ0) is 14.5. The standard InChI is InChI=1S/C14H13F2NO2S/c1-2-19-12(18)7-6-9-8-20-14(17-9)13-10(15)4-3-5-11(13)16/h3-5,8H,2,6-7H2,1H3. The quantitative estimate of drug-likeness (QED) is 0.792. The van der Waals surface area contributed by atoms with Gasteiger partial charge in [0.05, 0.1) is 24.3 Å². The Morgan fingerprint density at radius 1 is 1.35 bits per heavy atom. The monoisotopic (exact) mass is 297 g/mol. The molecule has 3 nitrogen and oxygen atoms in total. The summed E-state index contributed by atoms with van der Waals surface area (Å²) in [7, 11) is 0. The van der Waals surface area contributed by atoms with E-state index in [1.165, 1.54) is 18.2 Å². The van der Waals surface area contributed by atoms with Crippen LogP contribution in [-0.4, -0.2) is 17.6 Å². The fourth-order valence-corrected chi connectivity index (χ4v) is 2.60. The van der Waals surface area contributed by atoms with Crippen LogP contribution in [0.3, 0.4) is 0 Å². The number of nitrogens with zero attached hydrogens (tertiary/aromatic N) is 1. The molecule has 2 aromatic rings. The molecule has 0 aliphatic rings. The number of carbonyl (C=O) groups excluding carboxylic acids is 1. The molecule has 20 heavy (non-hydrogen) atoms. The van der Waals surface area contributed by atoms with E-state index < -0.39 is 11.6 Å². The SMILES string of the molecule is CCOC(=O)CCc1csc(-c2c(F)cccc2F)n1. The number of carbonyl (C=O) groups is 1. The van der Waals surface area contributed by atoms with Crippen molar-refractivity contribution in [3.05, 3.63) is 40.9 Å². The molecule has 1 aromatic carbocycles. The van der Waals surface area contributed by atoms with Gasteiger partial charge in [0, 0.05) is 11.8 Å². The molecule has 0 fully saturated rings. The van der Waals surface area contributed by atoms with Gasteiger partial charge in [0.2, 0.25) is 0 Å². The van der Waals surface area contributed by atoms with Crippen molar-refractivity contribution in [2.75, 3.05) is 6.61 Å². The number of thiazole rings is 1. The number of aryl methyl sites for hydroxylation is 1. The van der Waals surface area contributed by atoms with Gasteiger partial charge < -0.3 is 4.74 Å². The number of aromatic nitrogens is 1. The smallest absolute Gasteiger partial charge is 0.306 e. The van der Waals surface area contributed by atoms with Crippen LogP contribution in [0.5, 0.6) is 0 Å². The van der Waals surface area contributed by atoms with Gasteiger partial charge in [0.25, 0.3) is 0 Å². The fourth-order valence-electron chi connectivity index (χ4n) is 1.70. The van der Waals surface area contributed by atoms with E-state index in [1.807, 2.05) is 0 Å². The van der Waals surface area contributed by atoms with E-state index in [-0.39, 0.29) is 23.0 Å². The van der Waals surface area contributed by atoms with Crippen LogP contribution in [0, 0.1) is 11.6 Å². The van der Waals surface area contributed by atoms with Gasteiger partial charge in [0.15, 0.2) is 0 Å². The molecule has 6 heteroatoms. The molecule has 0 amide bonds. The Bertz CT molecular complexity index is 593. The minimum atomic E-state index is -0.642. The summed E-state index contributed by atoms with van der Waals surface area (Å²) in [4.78, 5) is 15.4. The van der Waals surface area contributed by atoms with Crippen molar-refractivity contribution in [3.8, 4) is 10.6 Å². The highest BCUT2D eigenvalue weighted by molar-refractivity contribution is 7.13. The van der Waals surface area contributed by atoms with Crippen LogP contribution in [-0.2, 0) is 16.0 Å².